The maximum absolute atomic E-state index is 13.3. The Labute approximate surface area is 205 Å². The predicted molar refractivity (Wildman–Crippen MR) is 126 cm³/mol. The number of aryl methyl sites for hydroxylation is 1. The monoisotopic (exact) mass is 497 g/mol. The molecule has 1 aliphatic carbocycles. The normalized spacial score (nSPS) is 18.6. The Hall–Kier alpha value is -3.46. The van der Waals surface area contributed by atoms with Gasteiger partial charge in [0.25, 0.3) is 11.5 Å². The number of carbonyl (C=O) groups excluding carboxylic acids is 1. The number of nitrogens with zero attached hydrogens (tertiary/aromatic N) is 2. The van der Waals surface area contributed by atoms with Crippen LogP contribution in [0, 0.1) is 0 Å². The zero-order valence-corrected chi connectivity index (χ0v) is 19.7. The maximum atomic E-state index is 13.3. The van der Waals surface area contributed by atoms with Crippen LogP contribution in [0.5, 0.6) is 0 Å². The smallest absolute Gasteiger partial charge is 0.376 e. The van der Waals surface area contributed by atoms with Crippen molar-refractivity contribution in [3.63, 3.8) is 0 Å². The Bertz CT molecular complexity index is 1360. The summed E-state index contributed by atoms with van der Waals surface area (Å²) in [6.07, 6.45) is -1.86. The van der Waals surface area contributed by atoms with Gasteiger partial charge in [0.05, 0.1) is 28.8 Å². The van der Waals surface area contributed by atoms with Crippen molar-refractivity contribution in [2.75, 3.05) is 6.54 Å². The minimum absolute atomic E-state index is 0.0791. The minimum Gasteiger partial charge on any atom is -0.376 e. The molecular weight excluding hydrogens is 471 g/mol. The number of H-pyrrole nitrogens is 1. The lowest BCUT2D eigenvalue weighted by Gasteiger charge is -2.31. The van der Waals surface area contributed by atoms with Gasteiger partial charge in [0.2, 0.25) is 0 Å². The van der Waals surface area contributed by atoms with E-state index in [2.05, 4.69) is 4.98 Å². The number of rotatable bonds is 4. The summed E-state index contributed by atoms with van der Waals surface area (Å²) in [7, 11) is 0. The second-order valence-corrected chi connectivity index (χ2v) is 9.77. The van der Waals surface area contributed by atoms with Crippen LogP contribution in [0.3, 0.4) is 0 Å². The fourth-order valence-electron chi connectivity index (χ4n) is 5.00. The summed E-state index contributed by atoms with van der Waals surface area (Å²) in [5.74, 6) is -0.144. The number of aliphatic hydroxyl groups is 1. The van der Waals surface area contributed by atoms with E-state index in [-0.39, 0.29) is 29.6 Å². The van der Waals surface area contributed by atoms with Gasteiger partial charge in [0, 0.05) is 6.54 Å². The SMILES string of the molecule is CC(O)(C(=O)N1CCCc2nc(C3(c4ccccc4)CC3)[nH]c(=O)c2C1)c1cccc(C(F)(F)F)c1. The number of hydrogen-bond acceptors (Lipinski definition) is 4. The van der Waals surface area contributed by atoms with Gasteiger partial charge < -0.3 is 15.0 Å². The largest absolute Gasteiger partial charge is 0.416 e. The van der Waals surface area contributed by atoms with Crippen LogP contribution >= 0.6 is 0 Å². The van der Waals surface area contributed by atoms with Crippen LogP contribution < -0.4 is 5.56 Å². The van der Waals surface area contributed by atoms with Gasteiger partial charge in [0.1, 0.15) is 5.82 Å². The molecule has 2 aromatic carbocycles. The van der Waals surface area contributed by atoms with Crippen LogP contribution in [-0.4, -0.2) is 32.4 Å². The molecule has 1 amide bonds. The number of alkyl halides is 3. The molecule has 1 unspecified atom stereocenters. The van der Waals surface area contributed by atoms with Crippen LogP contribution in [0.15, 0.2) is 59.4 Å². The average molecular weight is 498 g/mol. The zero-order chi connectivity index (χ0) is 25.7. The summed E-state index contributed by atoms with van der Waals surface area (Å²) in [5, 5.41) is 11.0. The van der Waals surface area contributed by atoms with Crippen molar-refractivity contribution < 1.29 is 23.1 Å². The van der Waals surface area contributed by atoms with E-state index in [9.17, 15) is 27.9 Å². The molecule has 0 spiro atoms. The molecule has 1 aromatic heterocycles. The highest BCUT2D eigenvalue weighted by Crippen LogP contribution is 2.52. The lowest BCUT2D eigenvalue weighted by molar-refractivity contribution is -0.151. The van der Waals surface area contributed by atoms with E-state index in [4.69, 9.17) is 4.98 Å². The van der Waals surface area contributed by atoms with E-state index >= 15 is 0 Å². The number of amides is 1. The molecule has 5 rings (SSSR count). The predicted octanol–water partition coefficient (Wildman–Crippen LogP) is 4.05. The highest BCUT2D eigenvalue weighted by molar-refractivity contribution is 5.86. The average Bonchev–Trinajstić information content (AvgIpc) is 3.68. The molecule has 36 heavy (non-hydrogen) atoms. The lowest BCUT2D eigenvalue weighted by atomic mass is 9.92. The van der Waals surface area contributed by atoms with Crippen LogP contribution in [0.2, 0.25) is 0 Å². The van der Waals surface area contributed by atoms with Crippen molar-refractivity contribution in [1.29, 1.82) is 0 Å². The van der Waals surface area contributed by atoms with Crippen LogP contribution in [0.4, 0.5) is 13.2 Å². The summed E-state index contributed by atoms with van der Waals surface area (Å²) in [6.45, 7) is 1.34. The fraction of sp³-hybridized carbons (Fsp3) is 0.370. The Morgan fingerprint density at radius 1 is 1.08 bits per heavy atom. The van der Waals surface area contributed by atoms with Crippen molar-refractivity contribution in [1.82, 2.24) is 14.9 Å². The van der Waals surface area contributed by atoms with E-state index in [1.165, 1.54) is 17.9 Å². The molecule has 3 aromatic rings. The molecule has 0 bridgehead atoms. The Morgan fingerprint density at radius 3 is 2.44 bits per heavy atom. The quantitative estimate of drug-likeness (QED) is 0.570. The second kappa shape index (κ2) is 8.58. The van der Waals surface area contributed by atoms with Gasteiger partial charge in [-0.05, 0) is 55.9 Å². The molecule has 1 fully saturated rings. The molecule has 9 heteroatoms. The van der Waals surface area contributed by atoms with Gasteiger partial charge in [-0.1, -0.05) is 42.5 Å². The molecule has 2 aliphatic rings. The third kappa shape index (κ3) is 4.21. The van der Waals surface area contributed by atoms with Crippen molar-refractivity contribution in [3.05, 3.63) is 98.7 Å². The molecule has 1 saturated carbocycles. The topological polar surface area (TPSA) is 86.3 Å². The molecule has 2 N–H and O–H groups in total. The Balaban J connectivity index is 1.44. The van der Waals surface area contributed by atoms with E-state index in [1.807, 2.05) is 30.3 Å². The van der Waals surface area contributed by atoms with Crippen LogP contribution in [0.1, 0.15) is 60.0 Å². The Kier molecular flexibility index (Phi) is 5.78. The van der Waals surface area contributed by atoms with Gasteiger partial charge in [-0.25, -0.2) is 4.98 Å². The summed E-state index contributed by atoms with van der Waals surface area (Å²) < 4.78 is 39.5. The van der Waals surface area contributed by atoms with Gasteiger partial charge in [-0.15, -0.1) is 0 Å². The maximum Gasteiger partial charge on any atom is 0.416 e. The summed E-state index contributed by atoms with van der Waals surface area (Å²) in [6, 6.07) is 14.0. The van der Waals surface area contributed by atoms with Crippen molar-refractivity contribution >= 4 is 5.91 Å². The first kappa shape index (κ1) is 24.2. The molecule has 0 saturated heterocycles. The Morgan fingerprint density at radius 2 is 1.78 bits per heavy atom. The van der Waals surface area contributed by atoms with Crippen LogP contribution in [-0.2, 0) is 35.0 Å². The highest BCUT2D eigenvalue weighted by Gasteiger charge is 2.48. The number of halogens is 3. The fourth-order valence-corrected chi connectivity index (χ4v) is 5.00. The highest BCUT2D eigenvalue weighted by atomic mass is 19.4. The van der Waals surface area contributed by atoms with Gasteiger partial charge >= 0.3 is 6.18 Å². The van der Waals surface area contributed by atoms with E-state index < -0.39 is 23.2 Å². The number of benzene rings is 2. The molecule has 2 heterocycles. The van der Waals surface area contributed by atoms with E-state index in [0.29, 0.717) is 29.9 Å². The van der Waals surface area contributed by atoms with Gasteiger partial charge in [0.15, 0.2) is 5.60 Å². The van der Waals surface area contributed by atoms with Gasteiger partial charge in [-0.2, -0.15) is 13.2 Å². The molecule has 6 nitrogen and oxygen atoms in total. The first-order valence-corrected chi connectivity index (χ1v) is 11.9. The van der Waals surface area contributed by atoms with E-state index in [0.717, 1.165) is 36.6 Å². The second-order valence-electron chi connectivity index (χ2n) is 9.77. The third-order valence-corrected chi connectivity index (χ3v) is 7.28. The van der Waals surface area contributed by atoms with Crippen molar-refractivity contribution in [2.24, 2.45) is 0 Å². The molecule has 0 radical (unpaired) electrons. The standard InChI is InChI=1S/C27H26F3N3O3/c1-25(36,18-9-5-10-19(15-18)27(28,29)30)24(35)33-14-6-11-21-20(16-33)22(34)32-23(31-21)26(12-13-26)17-7-3-2-4-8-17/h2-5,7-10,15,36H,6,11-14,16H2,1H3,(H,31,32,34). The number of nitrogens with one attached hydrogen (secondary N) is 1. The minimum atomic E-state index is -4.61. The number of fused-ring (bicyclic) bond motifs is 1. The van der Waals surface area contributed by atoms with Crippen molar-refractivity contribution in [2.45, 2.75) is 56.3 Å². The zero-order valence-electron chi connectivity index (χ0n) is 19.7. The van der Waals surface area contributed by atoms with Crippen molar-refractivity contribution in [3.8, 4) is 0 Å². The molecular formula is C27H26F3N3O3. The summed E-state index contributed by atoms with van der Waals surface area (Å²) in [4.78, 5) is 35.6. The number of hydrogen-bond donors (Lipinski definition) is 2. The summed E-state index contributed by atoms with van der Waals surface area (Å²) >= 11 is 0. The number of carbonyl (C=O) groups is 1. The first-order valence-electron chi connectivity index (χ1n) is 11.9. The third-order valence-electron chi connectivity index (χ3n) is 7.28. The lowest BCUT2D eigenvalue weighted by Crippen LogP contribution is -2.45. The number of aromatic amines is 1. The first-order chi connectivity index (χ1) is 17.0. The van der Waals surface area contributed by atoms with E-state index in [1.54, 1.807) is 0 Å². The molecule has 188 valence electrons. The van der Waals surface area contributed by atoms with Crippen LogP contribution in [0.25, 0.3) is 0 Å². The molecule has 1 aliphatic heterocycles. The molecule has 1 atom stereocenters. The number of aromatic nitrogens is 2. The van der Waals surface area contributed by atoms with Gasteiger partial charge in [-0.3, -0.25) is 9.59 Å². The summed E-state index contributed by atoms with van der Waals surface area (Å²) in [5.41, 5.74) is -1.91.